The lowest BCUT2D eigenvalue weighted by atomic mass is 9.82. The Morgan fingerprint density at radius 2 is 1.62 bits per heavy atom. The summed E-state index contributed by atoms with van der Waals surface area (Å²) in [5.74, 6) is -1.43. The van der Waals surface area contributed by atoms with Crippen LogP contribution in [0.2, 0.25) is 0 Å². The van der Waals surface area contributed by atoms with Crippen LogP contribution in [0.25, 0.3) is 27.6 Å². The first-order valence-corrected chi connectivity index (χ1v) is 17.0. The summed E-state index contributed by atoms with van der Waals surface area (Å²) >= 11 is 1.55. The lowest BCUT2D eigenvalue weighted by Gasteiger charge is -2.29. The fraction of sp³-hybridized carbons (Fsp3) is 0.195. The molecular formula is C41H31NO4S. The third-order valence-corrected chi connectivity index (χ3v) is 11.9. The molecule has 2 unspecified atom stereocenters. The minimum absolute atomic E-state index is 0.00480. The van der Waals surface area contributed by atoms with Crippen molar-refractivity contribution in [2.45, 2.75) is 50.5 Å². The summed E-state index contributed by atoms with van der Waals surface area (Å²) in [5.41, 5.74) is 11.0. The molecule has 3 aliphatic carbocycles. The van der Waals surface area contributed by atoms with Crippen LogP contribution in [0, 0.1) is 0 Å². The number of aromatic carboxylic acids is 1. The van der Waals surface area contributed by atoms with Crippen molar-refractivity contribution in [3.05, 3.63) is 135 Å². The van der Waals surface area contributed by atoms with E-state index in [9.17, 15) is 19.5 Å². The van der Waals surface area contributed by atoms with Gasteiger partial charge in [0.2, 0.25) is 0 Å². The maximum atomic E-state index is 13.1. The Balaban J connectivity index is 1.04. The van der Waals surface area contributed by atoms with Crippen LogP contribution in [0.3, 0.4) is 0 Å². The van der Waals surface area contributed by atoms with Gasteiger partial charge in [-0.2, -0.15) is 0 Å². The Hall–Kier alpha value is -5.07. The number of benzene rings is 4. The zero-order valence-electron chi connectivity index (χ0n) is 26.0. The molecule has 1 aliphatic heterocycles. The SMILES string of the molecule is CC1(C)c2ccccc2-c2ccc(N3c4ccc(-c5ccc(/C=C6\C(=O)c7ccc(C(=O)O)cc7C6=O)s5)cc4C4CCCC43)cc21. The van der Waals surface area contributed by atoms with Gasteiger partial charge in [0.05, 0.1) is 11.1 Å². The van der Waals surface area contributed by atoms with Crippen molar-refractivity contribution in [2.75, 3.05) is 4.90 Å². The monoisotopic (exact) mass is 633 g/mol. The molecule has 9 rings (SSSR count). The number of hydrogen-bond acceptors (Lipinski definition) is 5. The Kier molecular flexibility index (Phi) is 5.97. The maximum Gasteiger partial charge on any atom is 0.335 e. The molecule has 5 nitrogen and oxygen atoms in total. The molecule has 4 aromatic carbocycles. The van der Waals surface area contributed by atoms with Crippen molar-refractivity contribution < 1.29 is 19.5 Å². The molecule has 1 saturated carbocycles. The van der Waals surface area contributed by atoms with Crippen molar-refractivity contribution >= 4 is 46.3 Å². The van der Waals surface area contributed by atoms with E-state index in [4.69, 9.17) is 0 Å². The van der Waals surface area contributed by atoms with Gasteiger partial charge in [-0.05, 0) is 107 Å². The Bertz CT molecular complexity index is 2260. The second-order valence-corrected chi connectivity index (χ2v) is 14.7. The minimum atomic E-state index is -1.13. The zero-order chi connectivity index (χ0) is 32.2. The average molecular weight is 634 g/mol. The molecule has 0 spiro atoms. The molecule has 0 bridgehead atoms. The quantitative estimate of drug-likeness (QED) is 0.158. The lowest BCUT2D eigenvalue weighted by molar-refractivity contribution is 0.0696. The number of ketones is 2. The summed E-state index contributed by atoms with van der Waals surface area (Å²) in [7, 11) is 0. The number of carboxylic acids is 1. The van der Waals surface area contributed by atoms with E-state index in [-0.39, 0.29) is 33.5 Å². The van der Waals surface area contributed by atoms with Crippen LogP contribution >= 0.6 is 11.3 Å². The number of fused-ring (bicyclic) bond motifs is 7. The van der Waals surface area contributed by atoms with Gasteiger partial charge in [0.1, 0.15) is 0 Å². The number of nitrogens with zero attached hydrogens (tertiary/aromatic N) is 1. The second-order valence-electron chi connectivity index (χ2n) is 13.6. The first kappa shape index (κ1) is 28.2. The maximum absolute atomic E-state index is 13.1. The number of carboxylic acid groups (broad SMARTS) is 1. The number of allylic oxidation sites excluding steroid dienone is 1. The molecule has 0 saturated heterocycles. The number of Topliss-reactive ketones (excluding diaryl/α,β-unsaturated/α-hetero) is 2. The van der Waals surface area contributed by atoms with Crippen molar-refractivity contribution in [1.82, 2.24) is 0 Å². The zero-order valence-corrected chi connectivity index (χ0v) is 26.9. The van der Waals surface area contributed by atoms with E-state index >= 15 is 0 Å². The number of anilines is 2. The molecule has 47 heavy (non-hydrogen) atoms. The predicted octanol–water partition coefficient (Wildman–Crippen LogP) is 9.67. The summed E-state index contributed by atoms with van der Waals surface area (Å²) in [6.45, 7) is 4.67. The van der Waals surface area contributed by atoms with Gasteiger partial charge < -0.3 is 10.0 Å². The van der Waals surface area contributed by atoms with Gasteiger partial charge in [0.15, 0.2) is 11.6 Å². The molecule has 5 aromatic rings. The smallest absolute Gasteiger partial charge is 0.335 e. The van der Waals surface area contributed by atoms with Crippen molar-refractivity contribution in [1.29, 1.82) is 0 Å². The van der Waals surface area contributed by atoms with Crippen LogP contribution in [0.4, 0.5) is 11.4 Å². The number of thiophene rings is 1. The normalized spacial score (nSPS) is 20.7. The highest BCUT2D eigenvalue weighted by Crippen LogP contribution is 2.55. The molecule has 2 heterocycles. The Morgan fingerprint density at radius 3 is 2.47 bits per heavy atom. The number of carbonyl (C=O) groups excluding carboxylic acids is 2. The van der Waals surface area contributed by atoms with Crippen molar-refractivity contribution in [2.24, 2.45) is 0 Å². The highest BCUT2D eigenvalue weighted by molar-refractivity contribution is 7.16. The van der Waals surface area contributed by atoms with Crippen molar-refractivity contribution in [3.8, 4) is 21.6 Å². The number of rotatable bonds is 4. The minimum Gasteiger partial charge on any atom is -0.478 e. The molecule has 0 amide bonds. The summed E-state index contributed by atoms with van der Waals surface area (Å²) in [4.78, 5) is 42.1. The summed E-state index contributed by atoms with van der Waals surface area (Å²) in [6, 6.07) is 31.2. The topological polar surface area (TPSA) is 74.7 Å². The summed E-state index contributed by atoms with van der Waals surface area (Å²) in [6.07, 6.45) is 5.21. The van der Waals surface area contributed by atoms with Crippen LogP contribution in [-0.4, -0.2) is 28.7 Å². The van der Waals surface area contributed by atoms with E-state index in [1.54, 1.807) is 17.4 Å². The van der Waals surface area contributed by atoms with E-state index in [1.807, 2.05) is 6.07 Å². The van der Waals surface area contributed by atoms with E-state index in [2.05, 4.69) is 85.5 Å². The lowest BCUT2D eigenvalue weighted by Crippen LogP contribution is -2.27. The van der Waals surface area contributed by atoms with Gasteiger partial charge in [-0.1, -0.05) is 56.7 Å². The van der Waals surface area contributed by atoms with Crippen LogP contribution in [0.15, 0.2) is 96.6 Å². The van der Waals surface area contributed by atoms with E-state index in [0.29, 0.717) is 12.0 Å². The van der Waals surface area contributed by atoms with Crippen LogP contribution in [-0.2, 0) is 5.41 Å². The van der Waals surface area contributed by atoms with Crippen LogP contribution in [0.1, 0.15) is 91.7 Å². The highest BCUT2D eigenvalue weighted by atomic mass is 32.1. The first-order chi connectivity index (χ1) is 22.7. The van der Waals surface area contributed by atoms with Gasteiger partial charge in [0, 0.05) is 49.6 Å². The van der Waals surface area contributed by atoms with Crippen molar-refractivity contribution in [3.63, 3.8) is 0 Å². The highest BCUT2D eigenvalue weighted by Gasteiger charge is 2.43. The fourth-order valence-electron chi connectivity index (χ4n) is 8.50. The Labute approximate surface area is 276 Å². The molecule has 0 radical (unpaired) electrons. The van der Waals surface area contributed by atoms with E-state index in [0.717, 1.165) is 15.3 Å². The van der Waals surface area contributed by atoms with E-state index in [1.165, 1.54) is 76.7 Å². The number of hydrogen-bond donors (Lipinski definition) is 1. The van der Waals surface area contributed by atoms with E-state index < -0.39 is 11.8 Å². The molecule has 230 valence electrons. The van der Waals surface area contributed by atoms with Gasteiger partial charge in [-0.25, -0.2) is 4.79 Å². The predicted molar refractivity (Wildman–Crippen MR) is 186 cm³/mol. The molecule has 4 aliphatic rings. The third-order valence-electron chi connectivity index (χ3n) is 10.8. The fourth-order valence-corrected chi connectivity index (χ4v) is 9.45. The second kappa shape index (κ2) is 9.96. The molecule has 2 atom stereocenters. The summed E-state index contributed by atoms with van der Waals surface area (Å²) in [5, 5.41) is 9.33. The third kappa shape index (κ3) is 4.04. The van der Waals surface area contributed by atoms with Gasteiger partial charge >= 0.3 is 5.97 Å². The molecule has 1 N–H and O–H groups in total. The van der Waals surface area contributed by atoms with Crippen LogP contribution < -0.4 is 4.90 Å². The average Bonchev–Trinajstić information content (AvgIpc) is 3.88. The molecule has 6 heteroatoms. The van der Waals surface area contributed by atoms with Gasteiger partial charge in [-0.3, -0.25) is 9.59 Å². The largest absolute Gasteiger partial charge is 0.478 e. The standard InChI is InChI=1S/C41H31NO4S/c1-41(2)33-8-4-3-6-26(33)27-15-12-24(20-34(27)41)42-35-9-5-7-28(35)30-18-22(11-16-36(30)42)37-17-13-25(47-37)21-32-38(43)29-14-10-23(40(45)46)19-31(29)39(32)44/h3-4,6,8,10-21,28,35H,5,7,9H2,1-2H3,(H,45,46)/b32-21+. The van der Waals surface area contributed by atoms with Gasteiger partial charge in [-0.15, -0.1) is 11.3 Å². The summed E-state index contributed by atoms with van der Waals surface area (Å²) < 4.78 is 0. The Morgan fingerprint density at radius 1 is 0.830 bits per heavy atom. The van der Waals surface area contributed by atoms with Gasteiger partial charge in [0.25, 0.3) is 0 Å². The molecule has 1 aromatic heterocycles. The first-order valence-electron chi connectivity index (χ1n) is 16.2. The number of carbonyl (C=O) groups is 3. The van der Waals surface area contributed by atoms with Crippen LogP contribution in [0.5, 0.6) is 0 Å². The molecular weight excluding hydrogens is 603 g/mol. The molecule has 1 fully saturated rings.